The molecule has 0 amide bonds. The number of aromatic nitrogens is 2. The second kappa shape index (κ2) is 2.83. The van der Waals surface area contributed by atoms with Crippen molar-refractivity contribution in [2.24, 2.45) is 0 Å². The third-order valence-electron chi connectivity index (χ3n) is 3.21. The summed E-state index contributed by atoms with van der Waals surface area (Å²) in [5.74, 6) is 0.466. The van der Waals surface area contributed by atoms with Gasteiger partial charge >= 0.3 is 0 Å². The van der Waals surface area contributed by atoms with Crippen LogP contribution < -0.4 is 5.73 Å². The van der Waals surface area contributed by atoms with E-state index in [1.807, 2.05) is 6.07 Å². The SMILES string of the molecule is Nc1cnc2c(n1)-c1cccc3cccc-2c13. The van der Waals surface area contributed by atoms with Gasteiger partial charge in [0.2, 0.25) is 0 Å². The lowest BCUT2D eigenvalue weighted by atomic mass is 10.0. The Hall–Kier alpha value is -2.42. The highest BCUT2D eigenvalue weighted by molar-refractivity contribution is 6.13. The lowest BCUT2D eigenvalue weighted by Crippen LogP contribution is -1.94. The average molecular weight is 219 g/mol. The van der Waals surface area contributed by atoms with Crippen LogP contribution in [0.25, 0.3) is 33.3 Å². The van der Waals surface area contributed by atoms with E-state index in [0.717, 1.165) is 22.5 Å². The summed E-state index contributed by atoms with van der Waals surface area (Å²) < 4.78 is 0. The van der Waals surface area contributed by atoms with E-state index in [0.29, 0.717) is 5.82 Å². The number of hydrogen-bond donors (Lipinski definition) is 1. The molecule has 4 rings (SSSR count). The average Bonchev–Trinajstić information content (AvgIpc) is 2.67. The Labute approximate surface area is 97.9 Å². The summed E-state index contributed by atoms with van der Waals surface area (Å²) in [6.45, 7) is 0. The second-order valence-corrected chi connectivity index (χ2v) is 4.20. The Kier molecular flexibility index (Phi) is 1.45. The van der Waals surface area contributed by atoms with Crippen LogP contribution in [0, 0.1) is 0 Å². The van der Waals surface area contributed by atoms with E-state index < -0.39 is 0 Å². The number of fused-ring (bicyclic) bond motifs is 3. The van der Waals surface area contributed by atoms with Crippen molar-refractivity contribution in [1.82, 2.24) is 9.97 Å². The molecule has 2 N–H and O–H groups in total. The van der Waals surface area contributed by atoms with Gasteiger partial charge in [-0.15, -0.1) is 0 Å². The minimum Gasteiger partial charge on any atom is -0.382 e. The van der Waals surface area contributed by atoms with E-state index in [9.17, 15) is 0 Å². The summed E-state index contributed by atoms with van der Waals surface area (Å²) >= 11 is 0. The Morgan fingerprint density at radius 2 is 1.59 bits per heavy atom. The van der Waals surface area contributed by atoms with Crippen molar-refractivity contribution in [3.05, 3.63) is 42.6 Å². The van der Waals surface area contributed by atoms with Gasteiger partial charge in [-0.2, -0.15) is 0 Å². The van der Waals surface area contributed by atoms with E-state index in [1.54, 1.807) is 6.20 Å². The summed E-state index contributed by atoms with van der Waals surface area (Å²) in [7, 11) is 0. The molecule has 1 heterocycles. The second-order valence-electron chi connectivity index (χ2n) is 4.20. The van der Waals surface area contributed by atoms with Crippen molar-refractivity contribution in [2.45, 2.75) is 0 Å². The van der Waals surface area contributed by atoms with Gasteiger partial charge in [-0.1, -0.05) is 36.4 Å². The molecule has 1 aromatic heterocycles. The van der Waals surface area contributed by atoms with Crippen LogP contribution in [0.15, 0.2) is 42.6 Å². The normalized spacial score (nSPS) is 11.8. The highest BCUT2D eigenvalue weighted by Gasteiger charge is 2.23. The molecule has 80 valence electrons. The molecule has 0 aliphatic heterocycles. The van der Waals surface area contributed by atoms with Gasteiger partial charge in [0.1, 0.15) is 5.82 Å². The van der Waals surface area contributed by atoms with Crippen LogP contribution in [-0.2, 0) is 0 Å². The molecule has 1 aliphatic carbocycles. The number of rotatable bonds is 0. The molecular formula is C14H9N3. The van der Waals surface area contributed by atoms with Crippen molar-refractivity contribution in [3.8, 4) is 22.5 Å². The number of nitrogens with two attached hydrogens (primary N) is 1. The van der Waals surface area contributed by atoms with Gasteiger partial charge < -0.3 is 5.73 Å². The summed E-state index contributed by atoms with van der Waals surface area (Å²) in [5, 5.41) is 2.45. The van der Waals surface area contributed by atoms with Gasteiger partial charge in [-0.3, -0.25) is 4.98 Å². The Bertz CT molecular complexity index is 757. The molecule has 1 aliphatic rings. The van der Waals surface area contributed by atoms with Crippen LogP contribution in [0.4, 0.5) is 5.82 Å². The maximum atomic E-state index is 5.72. The highest BCUT2D eigenvalue weighted by Crippen LogP contribution is 2.44. The number of hydrogen-bond acceptors (Lipinski definition) is 3. The van der Waals surface area contributed by atoms with Gasteiger partial charge in [-0.25, -0.2) is 4.98 Å². The van der Waals surface area contributed by atoms with Gasteiger partial charge in [0.25, 0.3) is 0 Å². The summed E-state index contributed by atoms with van der Waals surface area (Å²) in [6.07, 6.45) is 1.61. The van der Waals surface area contributed by atoms with E-state index in [-0.39, 0.29) is 0 Å². The van der Waals surface area contributed by atoms with Crippen LogP contribution in [0.3, 0.4) is 0 Å². The predicted octanol–water partition coefficient (Wildman–Crippen LogP) is 2.86. The summed E-state index contributed by atoms with van der Waals surface area (Å²) in [4.78, 5) is 8.82. The number of anilines is 1. The lowest BCUT2D eigenvalue weighted by Gasteiger charge is -1.99. The first kappa shape index (κ1) is 8.70. The third-order valence-corrected chi connectivity index (χ3v) is 3.21. The topological polar surface area (TPSA) is 51.8 Å². The fourth-order valence-corrected chi connectivity index (χ4v) is 2.52. The number of nitrogen functional groups attached to an aromatic ring is 1. The monoisotopic (exact) mass is 219 g/mol. The maximum Gasteiger partial charge on any atom is 0.142 e. The zero-order valence-corrected chi connectivity index (χ0v) is 9.01. The number of nitrogens with zero attached hydrogens (tertiary/aromatic N) is 2. The van der Waals surface area contributed by atoms with Gasteiger partial charge in [0, 0.05) is 16.5 Å². The minimum atomic E-state index is 0.466. The fourth-order valence-electron chi connectivity index (χ4n) is 2.52. The Morgan fingerprint density at radius 3 is 2.35 bits per heavy atom. The van der Waals surface area contributed by atoms with Crippen molar-refractivity contribution in [1.29, 1.82) is 0 Å². The minimum absolute atomic E-state index is 0.466. The largest absolute Gasteiger partial charge is 0.382 e. The van der Waals surface area contributed by atoms with E-state index in [2.05, 4.69) is 40.3 Å². The van der Waals surface area contributed by atoms with E-state index in [4.69, 9.17) is 5.73 Å². The lowest BCUT2D eigenvalue weighted by molar-refractivity contribution is 1.24. The van der Waals surface area contributed by atoms with Crippen LogP contribution in [0.2, 0.25) is 0 Å². The molecule has 3 nitrogen and oxygen atoms in total. The standard InChI is InChI=1S/C14H9N3/c15-11-7-16-13-9-5-1-3-8-4-2-6-10(12(8)9)14(13)17-11/h1-7H,(H2,15,17). The Morgan fingerprint density at radius 1 is 0.882 bits per heavy atom. The molecule has 0 saturated heterocycles. The zero-order valence-electron chi connectivity index (χ0n) is 9.01. The first-order valence-electron chi connectivity index (χ1n) is 5.49. The first-order chi connectivity index (χ1) is 8.34. The molecule has 17 heavy (non-hydrogen) atoms. The van der Waals surface area contributed by atoms with E-state index in [1.165, 1.54) is 10.8 Å². The van der Waals surface area contributed by atoms with E-state index >= 15 is 0 Å². The molecule has 2 aromatic carbocycles. The molecule has 3 aromatic rings. The molecule has 0 bridgehead atoms. The first-order valence-corrected chi connectivity index (χ1v) is 5.49. The van der Waals surface area contributed by atoms with Crippen LogP contribution >= 0.6 is 0 Å². The molecule has 0 saturated carbocycles. The molecule has 0 radical (unpaired) electrons. The fraction of sp³-hybridized carbons (Fsp3) is 0. The summed E-state index contributed by atoms with van der Waals surface area (Å²) in [5.41, 5.74) is 9.84. The van der Waals surface area contributed by atoms with Crippen LogP contribution in [0.5, 0.6) is 0 Å². The molecule has 0 unspecified atom stereocenters. The highest BCUT2D eigenvalue weighted by atomic mass is 14.9. The molecule has 0 atom stereocenters. The molecule has 0 spiro atoms. The van der Waals surface area contributed by atoms with Crippen molar-refractivity contribution in [3.63, 3.8) is 0 Å². The smallest absolute Gasteiger partial charge is 0.142 e. The Balaban J connectivity index is 2.26. The van der Waals surface area contributed by atoms with Gasteiger partial charge in [0.15, 0.2) is 0 Å². The number of benzene rings is 2. The van der Waals surface area contributed by atoms with Crippen molar-refractivity contribution >= 4 is 16.6 Å². The maximum absolute atomic E-state index is 5.72. The zero-order chi connectivity index (χ0) is 11.4. The molecular weight excluding hydrogens is 210 g/mol. The quantitative estimate of drug-likeness (QED) is 0.494. The molecule has 0 fully saturated rings. The summed E-state index contributed by atoms with van der Waals surface area (Å²) in [6, 6.07) is 12.5. The van der Waals surface area contributed by atoms with Crippen molar-refractivity contribution in [2.75, 3.05) is 5.73 Å². The third kappa shape index (κ3) is 1.00. The molecule has 3 heteroatoms. The van der Waals surface area contributed by atoms with Crippen LogP contribution in [0.1, 0.15) is 0 Å². The van der Waals surface area contributed by atoms with Crippen molar-refractivity contribution < 1.29 is 0 Å². The van der Waals surface area contributed by atoms with Gasteiger partial charge in [0.05, 0.1) is 17.6 Å². The van der Waals surface area contributed by atoms with Crippen LogP contribution in [-0.4, -0.2) is 9.97 Å². The predicted molar refractivity (Wildman–Crippen MR) is 68.4 cm³/mol. The van der Waals surface area contributed by atoms with Gasteiger partial charge in [-0.05, 0) is 5.39 Å².